The minimum Gasteiger partial charge on any atom is -0.504 e. The predicted octanol–water partition coefficient (Wildman–Crippen LogP) is 0.438. The summed E-state index contributed by atoms with van der Waals surface area (Å²) in [6.07, 6.45) is 6.44. The third-order valence-corrected chi connectivity index (χ3v) is 8.03. The number of nitrogens with two attached hydrogens (primary N) is 1. The Morgan fingerprint density at radius 2 is 2.12 bits per heavy atom. The van der Waals surface area contributed by atoms with E-state index < -0.39 is 34.6 Å². The first-order valence-corrected chi connectivity index (χ1v) is 13.5. The summed E-state index contributed by atoms with van der Waals surface area (Å²) in [4.78, 5) is 59.5. The van der Waals surface area contributed by atoms with Crippen LogP contribution in [0.15, 0.2) is 63.3 Å². The van der Waals surface area contributed by atoms with Gasteiger partial charge < -0.3 is 26.1 Å². The molecule has 1 saturated heterocycles. The normalized spacial score (nSPS) is 19.1. The summed E-state index contributed by atoms with van der Waals surface area (Å²) < 4.78 is 1.55. The molecule has 4 heterocycles. The maximum Gasteiger partial charge on any atom is 0.352 e. The summed E-state index contributed by atoms with van der Waals surface area (Å²) in [6.45, 7) is 0.260. The largest absolute Gasteiger partial charge is 0.504 e. The van der Waals surface area contributed by atoms with Crippen LogP contribution in [0.5, 0.6) is 5.75 Å². The molecule has 0 aromatic carbocycles. The van der Waals surface area contributed by atoms with Crippen molar-refractivity contribution in [1.29, 1.82) is 0 Å². The highest BCUT2D eigenvalue weighted by Gasteiger charge is 2.54. The van der Waals surface area contributed by atoms with Crippen molar-refractivity contribution in [1.82, 2.24) is 25.0 Å². The first kappa shape index (κ1) is 26.9. The quantitative estimate of drug-likeness (QED) is 0.163. The molecule has 0 saturated carbocycles. The lowest BCUT2D eigenvalue weighted by molar-refractivity contribution is -0.150. The zero-order valence-electron chi connectivity index (χ0n) is 20.7. The van der Waals surface area contributed by atoms with E-state index in [-0.39, 0.29) is 40.3 Å². The summed E-state index contributed by atoms with van der Waals surface area (Å²) in [5.74, 6) is -2.66. The van der Waals surface area contributed by atoms with Gasteiger partial charge in [-0.15, -0.1) is 23.1 Å². The lowest BCUT2D eigenvalue weighted by Crippen LogP contribution is -2.71. The molecule has 206 valence electrons. The third kappa shape index (κ3) is 5.01. The summed E-state index contributed by atoms with van der Waals surface area (Å²) in [5.41, 5.74) is 6.60. The molecule has 0 radical (unpaired) electrons. The number of β-lactam (4-membered cyclic amide) rings is 1. The minimum atomic E-state index is -1.27. The highest BCUT2D eigenvalue weighted by atomic mass is 32.2. The van der Waals surface area contributed by atoms with Gasteiger partial charge in [0, 0.05) is 28.5 Å². The van der Waals surface area contributed by atoms with Crippen LogP contribution in [0, 0.1) is 0 Å². The number of benzene rings is 1. The average Bonchev–Trinajstić information content (AvgIpc) is 3.36. The number of hydrogen-bond acceptors (Lipinski definition) is 12. The number of carbonyl (C=O) groups excluding carboxylic acids is 2. The van der Waals surface area contributed by atoms with Crippen LogP contribution >= 0.6 is 23.1 Å². The van der Waals surface area contributed by atoms with Crippen molar-refractivity contribution >= 4 is 51.7 Å². The number of carboxylic acid groups (broad SMARTS) is 1. The Bertz CT molecular complexity index is 1640. The number of phenolic OH excluding ortho intramolecular Hbond substituents is 1. The van der Waals surface area contributed by atoms with Crippen molar-refractivity contribution in [3.05, 3.63) is 69.2 Å². The second-order valence-corrected chi connectivity index (χ2v) is 10.6. The van der Waals surface area contributed by atoms with Gasteiger partial charge in [-0.2, -0.15) is 5.10 Å². The van der Waals surface area contributed by atoms with E-state index in [1.54, 1.807) is 23.0 Å². The SMILES string of the molecule is CO/N=C(\C(=O)N[C@@H]1C(=O)N2C(C(=O)O)=C(/C=C/Cn3cc4cc(O)c(=O)cc-4cn3)CS[C@H]12)c1csc(N)n1. The number of oxime groups is 1. The second kappa shape index (κ2) is 10.8. The Labute approximate surface area is 233 Å². The monoisotopic (exact) mass is 583 g/mol. The first-order chi connectivity index (χ1) is 19.2. The Balaban J connectivity index is 1.31. The molecule has 14 nitrogen and oxygen atoms in total. The Kier molecular flexibility index (Phi) is 7.27. The number of amides is 2. The number of nitrogens with zero attached hydrogens (tertiary/aromatic N) is 5. The van der Waals surface area contributed by atoms with Crippen LogP contribution in [0.2, 0.25) is 0 Å². The smallest absolute Gasteiger partial charge is 0.352 e. The van der Waals surface area contributed by atoms with E-state index in [9.17, 15) is 29.4 Å². The number of fused-ring (bicyclic) bond motifs is 2. The molecular weight excluding hydrogens is 562 g/mol. The van der Waals surface area contributed by atoms with E-state index >= 15 is 0 Å². The maximum atomic E-state index is 13.0. The van der Waals surface area contributed by atoms with Gasteiger partial charge in [0.25, 0.3) is 11.8 Å². The zero-order chi connectivity index (χ0) is 28.6. The molecule has 1 aromatic heterocycles. The lowest BCUT2D eigenvalue weighted by Gasteiger charge is -2.49. The number of phenols is 1. The molecule has 2 atom stereocenters. The molecule has 1 aliphatic carbocycles. The molecule has 40 heavy (non-hydrogen) atoms. The molecule has 5 rings (SSSR count). The van der Waals surface area contributed by atoms with Crippen LogP contribution in [0.3, 0.4) is 0 Å². The van der Waals surface area contributed by atoms with Gasteiger partial charge in [-0.3, -0.25) is 24.0 Å². The average molecular weight is 584 g/mol. The number of nitrogens with one attached hydrogen (secondary N) is 1. The van der Waals surface area contributed by atoms with Crippen molar-refractivity contribution in [3.63, 3.8) is 0 Å². The van der Waals surface area contributed by atoms with E-state index in [4.69, 9.17) is 10.6 Å². The van der Waals surface area contributed by atoms with Gasteiger partial charge in [0.2, 0.25) is 5.43 Å². The van der Waals surface area contributed by atoms with Crippen LogP contribution in [-0.2, 0) is 25.8 Å². The highest BCUT2D eigenvalue weighted by Crippen LogP contribution is 2.40. The molecule has 16 heteroatoms. The summed E-state index contributed by atoms with van der Waals surface area (Å²) in [6, 6.07) is 1.67. The van der Waals surface area contributed by atoms with Crippen molar-refractivity contribution in [2.45, 2.75) is 18.0 Å². The fraction of sp³-hybridized carbons (Fsp3) is 0.208. The van der Waals surface area contributed by atoms with Gasteiger partial charge in [0.15, 0.2) is 16.6 Å². The van der Waals surface area contributed by atoms with Crippen molar-refractivity contribution in [2.24, 2.45) is 5.16 Å². The number of carboxylic acids is 1. The lowest BCUT2D eigenvalue weighted by atomic mass is 10.0. The van der Waals surface area contributed by atoms with Crippen LogP contribution in [0.4, 0.5) is 5.13 Å². The molecular formula is C24H21N7O7S2. The van der Waals surface area contributed by atoms with Crippen LogP contribution in [-0.4, -0.2) is 77.7 Å². The third-order valence-electron chi connectivity index (χ3n) is 6.06. The predicted molar refractivity (Wildman–Crippen MR) is 146 cm³/mol. The summed E-state index contributed by atoms with van der Waals surface area (Å²) in [5, 5.41) is 31.2. The topological polar surface area (TPSA) is 202 Å². The van der Waals surface area contributed by atoms with Crippen molar-refractivity contribution < 1.29 is 29.4 Å². The number of thioether (sulfide) groups is 1. The van der Waals surface area contributed by atoms with E-state index in [0.717, 1.165) is 16.2 Å². The van der Waals surface area contributed by atoms with Crippen LogP contribution in [0.25, 0.3) is 11.1 Å². The van der Waals surface area contributed by atoms with Gasteiger partial charge in [-0.05, 0) is 17.7 Å². The molecule has 4 aliphatic rings. The number of carbonyl (C=O) groups is 3. The minimum absolute atomic E-state index is 0.163. The van der Waals surface area contributed by atoms with Gasteiger partial charge in [-0.25, -0.2) is 9.78 Å². The zero-order valence-corrected chi connectivity index (χ0v) is 22.3. The maximum absolute atomic E-state index is 13.0. The number of aromatic hydroxyl groups is 1. The Morgan fingerprint density at radius 1 is 1.32 bits per heavy atom. The molecule has 2 amide bonds. The fourth-order valence-corrected chi connectivity index (χ4v) is 6.10. The van der Waals surface area contributed by atoms with Crippen molar-refractivity contribution in [2.75, 3.05) is 18.6 Å². The summed E-state index contributed by atoms with van der Waals surface area (Å²) >= 11 is 2.42. The van der Waals surface area contributed by atoms with E-state index in [1.165, 1.54) is 42.6 Å². The van der Waals surface area contributed by atoms with Gasteiger partial charge in [-0.1, -0.05) is 17.3 Å². The second-order valence-electron chi connectivity index (χ2n) is 8.58. The molecule has 1 aromatic rings. The Morgan fingerprint density at radius 3 is 2.83 bits per heavy atom. The number of aliphatic carboxylic acids is 1. The molecule has 3 aliphatic heterocycles. The van der Waals surface area contributed by atoms with Gasteiger partial charge >= 0.3 is 5.97 Å². The molecule has 0 spiro atoms. The molecule has 0 unspecified atom stereocenters. The van der Waals surface area contributed by atoms with E-state index in [0.29, 0.717) is 16.7 Å². The molecule has 5 N–H and O–H groups in total. The molecule has 0 bridgehead atoms. The van der Waals surface area contributed by atoms with Crippen LogP contribution < -0.4 is 16.5 Å². The Hall–Kier alpha value is -4.70. The number of rotatable bonds is 8. The number of allylic oxidation sites excluding steroid dienone is 2. The molecule has 1 fully saturated rings. The standard InChI is InChI=1S/C24H21N7O7S2/c1-38-29-17(14-10-40-24(25)27-14)20(34)28-18-21(35)31-19(23(36)37)11(9-39-22(18)31)3-2-4-30-8-13-6-16(33)15(32)5-12(13)7-26-30/h2-3,5-8,10,18,22,33H,4,9H2,1H3,(H2,25,27)(H,28,34)(H,36,37)/b3-2+,29-17-/t18-,22-/m1/s1. The highest BCUT2D eigenvalue weighted by molar-refractivity contribution is 8.00. The fourth-order valence-electron chi connectivity index (χ4n) is 4.23. The van der Waals surface area contributed by atoms with Gasteiger partial charge in [0.1, 0.15) is 29.9 Å². The van der Waals surface area contributed by atoms with Gasteiger partial charge in [0.05, 0.1) is 12.7 Å². The number of anilines is 1. The number of nitrogen functional groups attached to an aromatic ring is 1. The van der Waals surface area contributed by atoms with Crippen LogP contribution in [0.1, 0.15) is 5.69 Å². The number of aromatic nitrogens is 3. The summed E-state index contributed by atoms with van der Waals surface area (Å²) in [7, 11) is 1.26. The van der Waals surface area contributed by atoms with Crippen molar-refractivity contribution in [3.8, 4) is 16.9 Å². The van der Waals surface area contributed by atoms with E-state index in [2.05, 4.69) is 20.6 Å². The van der Waals surface area contributed by atoms with E-state index in [1.807, 2.05) is 0 Å². The first-order valence-electron chi connectivity index (χ1n) is 11.6. The number of thiazole rings is 1. The number of hydrogen-bond donors (Lipinski definition) is 4.